The summed E-state index contributed by atoms with van der Waals surface area (Å²) in [6.45, 7) is 1.75. The number of fused-ring (bicyclic) bond motifs is 1. The smallest absolute Gasteiger partial charge is 0.257 e. The number of benzene rings is 2. The Kier molecular flexibility index (Phi) is 4.29. The highest BCUT2D eigenvalue weighted by molar-refractivity contribution is 9.10. The van der Waals surface area contributed by atoms with Gasteiger partial charge in [-0.05, 0) is 58.2 Å². The molecule has 2 aromatic rings. The Morgan fingerprint density at radius 1 is 1.24 bits per heavy atom. The number of carbonyl (C=O) groups is 1. The predicted octanol–water partition coefficient (Wildman–Crippen LogP) is 4.00. The van der Waals surface area contributed by atoms with E-state index in [9.17, 15) is 4.79 Å². The molecule has 1 heterocycles. The van der Waals surface area contributed by atoms with E-state index in [4.69, 9.17) is 11.6 Å². The molecule has 3 nitrogen and oxygen atoms in total. The molecule has 0 saturated heterocycles. The molecule has 0 bridgehead atoms. The lowest BCUT2D eigenvalue weighted by molar-refractivity contribution is 0.102. The molecule has 0 atom stereocenters. The third-order valence-corrected chi connectivity index (χ3v) is 4.89. The van der Waals surface area contributed by atoms with Gasteiger partial charge in [0, 0.05) is 16.7 Å². The summed E-state index contributed by atoms with van der Waals surface area (Å²) >= 11 is 9.52. The highest BCUT2D eigenvalue weighted by Gasteiger charge is 2.17. The van der Waals surface area contributed by atoms with Crippen LogP contribution in [0.5, 0.6) is 0 Å². The van der Waals surface area contributed by atoms with Crippen LogP contribution in [0, 0.1) is 0 Å². The van der Waals surface area contributed by atoms with Gasteiger partial charge in [0.1, 0.15) is 0 Å². The number of amides is 1. The first-order valence-corrected chi connectivity index (χ1v) is 7.91. The highest BCUT2D eigenvalue weighted by atomic mass is 79.9. The van der Waals surface area contributed by atoms with Crippen molar-refractivity contribution < 1.29 is 4.79 Å². The minimum absolute atomic E-state index is 0.194. The van der Waals surface area contributed by atoms with Crippen molar-refractivity contribution in [1.29, 1.82) is 0 Å². The quantitative estimate of drug-likeness (QED) is 0.844. The van der Waals surface area contributed by atoms with E-state index < -0.39 is 0 Å². The van der Waals surface area contributed by atoms with Crippen molar-refractivity contribution in [3.8, 4) is 0 Å². The first-order chi connectivity index (χ1) is 10.2. The molecule has 3 rings (SSSR count). The molecule has 0 aromatic heterocycles. The van der Waals surface area contributed by atoms with Crippen LogP contribution in [-0.4, -0.2) is 12.5 Å². The van der Waals surface area contributed by atoms with Gasteiger partial charge in [-0.2, -0.15) is 0 Å². The van der Waals surface area contributed by atoms with Gasteiger partial charge in [-0.15, -0.1) is 0 Å². The Hall–Kier alpha value is -1.36. The van der Waals surface area contributed by atoms with Gasteiger partial charge in [-0.25, -0.2) is 0 Å². The highest BCUT2D eigenvalue weighted by Crippen LogP contribution is 2.28. The van der Waals surface area contributed by atoms with Gasteiger partial charge in [-0.3, -0.25) is 4.79 Å². The zero-order chi connectivity index (χ0) is 14.8. The van der Waals surface area contributed by atoms with E-state index in [-0.39, 0.29) is 5.91 Å². The molecule has 1 aliphatic heterocycles. The number of halogens is 2. The van der Waals surface area contributed by atoms with Crippen LogP contribution >= 0.6 is 27.5 Å². The molecule has 1 amide bonds. The Morgan fingerprint density at radius 3 is 2.90 bits per heavy atom. The lowest BCUT2D eigenvalue weighted by atomic mass is 9.99. The van der Waals surface area contributed by atoms with Crippen molar-refractivity contribution in [2.75, 3.05) is 11.9 Å². The standard InChI is InChI=1S/C16H14BrClN2O/c17-13-5-2-4-11(15(13)18)16(21)20-14-6-1-3-10-7-8-19-9-12(10)14/h1-6,19H,7-9H2,(H,20,21). The molecule has 0 saturated carbocycles. The Labute approximate surface area is 136 Å². The topological polar surface area (TPSA) is 41.1 Å². The maximum Gasteiger partial charge on any atom is 0.257 e. The lowest BCUT2D eigenvalue weighted by Gasteiger charge is -2.20. The number of carbonyl (C=O) groups excluding carboxylic acids is 1. The lowest BCUT2D eigenvalue weighted by Crippen LogP contribution is -2.25. The normalized spacial score (nSPS) is 13.6. The average Bonchev–Trinajstić information content (AvgIpc) is 2.50. The molecule has 5 heteroatoms. The minimum atomic E-state index is -0.194. The van der Waals surface area contributed by atoms with Crippen molar-refractivity contribution in [2.45, 2.75) is 13.0 Å². The Balaban J connectivity index is 1.90. The molecular formula is C16H14BrClN2O. The molecule has 21 heavy (non-hydrogen) atoms. The van der Waals surface area contributed by atoms with Crippen molar-refractivity contribution in [1.82, 2.24) is 5.32 Å². The number of anilines is 1. The maximum atomic E-state index is 12.4. The van der Waals surface area contributed by atoms with Crippen LogP contribution in [0.1, 0.15) is 21.5 Å². The largest absolute Gasteiger partial charge is 0.322 e. The summed E-state index contributed by atoms with van der Waals surface area (Å²) < 4.78 is 0.716. The van der Waals surface area contributed by atoms with Crippen LogP contribution in [0.15, 0.2) is 40.9 Å². The SMILES string of the molecule is O=C(Nc1cccc2c1CNCC2)c1cccc(Br)c1Cl. The molecule has 2 N–H and O–H groups in total. The van der Waals surface area contributed by atoms with Crippen LogP contribution in [0.25, 0.3) is 0 Å². The van der Waals surface area contributed by atoms with E-state index >= 15 is 0 Å². The third-order valence-electron chi connectivity index (χ3n) is 3.59. The third kappa shape index (κ3) is 2.98. The van der Waals surface area contributed by atoms with Crippen LogP contribution in [-0.2, 0) is 13.0 Å². The summed E-state index contributed by atoms with van der Waals surface area (Å²) in [5, 5.41) is 6.73. The van der Waals surface area contributed by atoms with Crippen molar-refractivity contribution >= 4 is 39.1 Å². The van der Waals surface area contributed by atoms with Gasteiger partial charge in [0.2, 0.25) is 0 Å². The second kappa shape index (κ2) is 6.18. The summed E-state index contributed by atoms with van der Waals surface area (Å²) in [5.41, 5.74) is 3.75. The Bertz CT molecular complexity index is 703. The number of nitrogens with one attached hydrogen (secondary N) is 2. The van der Waals surface area contributed by atoms with Crippen LogP contribution in [0.4, 0.5) is 5.69 Å². The number of hydrogen-bond acceptors (Lipinski definition) is 2. The van der Waals surface area contributed by atoms with Gasteiger partial charge < -0.3 is 10.6 Å². The van der Waals surface area contributed by atoms with Crippen LogP contribution < -0.4 is 10.6 Å². The zero-order valence-electron chi connectivity index (χ0n) is 11.2. The Morgan fingerprint density at radius 2 is 2.05 bits per heavy atom. The van der Waals surface area contributed by atoms with Gasteiger partial charge >= 0.3 is 0 Å². The van der Waals surface area contributed by atoms with E-state index in [0.29, 0.717) is 15.1 Å². The predicted molar refractivity (Wildman–Crippen MR) is 89.0 cm³/mol. The first-order valence-electron chi connectivity index (χ1n) is 6.73. The van der Waals surface area contributed by atoms with E-state index in [0.717, 1.165) is 30.8 Å². The molecule has 0 aliphatic carbocycles. The van der Waals surface area contributed by atoms with Crippen molar-refractivity contribution in [2.24, 2.45) is 0 Å². The monoisotopic (exact) mass is 364 g/mol. The average molecular weight is 366 g/mol. The van der Waals surface area contributed by atoms with Crippen molar-refractivity contribution in [3.05, 3.63) is 62.6 Å². The molecule has 0 fully saturated rings. The van der Waals surface area contributed by atoms with Gasteiger partial charge in [0.25, 0.3) is 5.91 Å². The molecule has 108 valence electrons. The minimum Gasteiger partial charge on any atom is -0.322 e. The van der Waals surface area contributed by atoms with E-state index in [1.807, 2.05) is 18.2 Å². The molecular weight excluding hydrogens is 352 g/mol. The van der Waals surface area contributed by atoms with Crippen LogP contribution in [0.3, 0.4) is 0 Å². The van der Waals surface area contributed by atoms with Crippen molar-refractivity contribution in [3.63, 3.8) is 0 Å². The molecule has 2 aromatic carbocycles. The molecule has 1 aliphatic rings. The van der Waals surface area contributed by atoms with Gasteiger partial charge in [0.15, 0.2) is 0 Å². The van der Waals surface area contributed by atoms with Gasteiger partial charge in [-0.1, -0.05) is 29.8 Å². The summed E-state index contributed by atoms with van der Waals surface area (Å²) in [6, 6.07) is 11.3. The van der Waals surface area contributed by atoms with E-state index in [1.54, 1.807) is 12.1 Å². The fourth-order valence-corrected chi connectivity index (χ4v) is 3.08. The molecule has 0 spiro atoms. The first kappa shape index (κ1) is 14.6. The molecule has 0 radical (unpaired) electrons. The maximum absolute atomic E-state index is 12.4. The fraction of sp³-hybridized carbons (Fsp3) is 0.188. The fourth-order valence-electron chi connectivity index (χ4n) is 2.50. The van der Waals surface area contributed by atoms with Gasteiger partial charge in [0.05, 0.1) is 10.6 Å². The summed E-state index contributed by atoms with van der Waals surface area (Å²) in [6.07, 6.45) is 0.983. The summed E-state index contributed by atoms with van der Waals surface area (Å²) in [5.74, 6) is -0.194. The summed E-state index contributed by atoms with van der Waals surface area (Å²) in [7, 11) is 0. The zero-order valence-corrected chi connectivity index (χ0v) is 13.6. The second-order valence-corrected chi connectivity index (χ2v) is 6.16. The van der Waals surface area contributed by atoms with Crippen LogP contribution in [0.2, 0.25) is 5.02 Å². The molecule has 0 unspecified atom stereocenters. The second-order valence-electron chi connectivity index (χ2n) is 4.93. The summed E-state index contributed by atoms with van der Waals surface area (Å²) in [4.78, 5) is 12.4. The number of hydrogen-bond donors (Lipinski definition) is 2. The van der Waals surface area contributed by atoms with E-state index in [1.165, 1.54) is 5.56 Å². The number of rotatable bonds is 2. The van der Waals surface area contributed by atoms with E-state index in [2.05, 4.69) is 32.6 Å².